The molecule has 1 aliphatic rings. The van der Waals surface area contributed by atoms with Gasteiger partial charge in [-0.25, -0.2) is 0 Å². The van der Waals surface area contributed by atoms with Gasteiger partial charge in [0.1, 0.15) is 11.3 Å². The van der Waals surface area contributed by atoms with Crippen LogP contribution in [-0.4, -0.2) is 0 Å². The smallest absolute Gasteiger partial charge is 0.135 e. The largest absolute Gasteiger partial charge is 0.459 e. The van der Waals surface area contributed by atoms with Gasteiger partial charge in [-0.05, 0) is 122 Å². The van der Waals surface area contributed by atoms with Gasteiger partial charge in [-0.1, -0.05) is 121 Å². The zero-order valence-corrected chi connectivity index (χ0v) is 28.5. The minimum Gasteiger partial charge on any atom is -0.459 e. The Kier molecular flexibility index (Phi) is 7.21. The molecule has 3 heteroatoms. The van der Waals surface area contributed by atoms with Crippen LogP contribution < -0.4 is 10.2 Å². The molecule has 10 rings (SSSR count). The topological polar surface area (TPSA) is 28.4 Å². The summed E-state index contributed by atoms with van der Waals surface area (Å²) in [7, 11) is 0. The fourth-order valence-electron chi connectivity index (χ4n) is 7.72. The standard InChI is InChI=1S/C49H34N2O/c1-2-8-33(9-3-1)34-14-21-39(22-15-34)51(40-23-16-35(17-24-40)37-20-27-45-46-28-29-50-32-49(46)52-48(45)31-37)41-25-18-36(19-26-41)47-30-38-10-4-5-11-42(38)43-12-6-7-13-44(43)47/h1-31,50H,32H2. The minimum absolute atomic E-state index is 0.715. The first-order valence-corrected chi connectivity index (χ1v) is 17.8. The van der Waals surface area contributed by atoms with Gasteiger partial charge in [-0.3, -0.25) is 0 Å². The molecule has 0 atom stereocenters. The quantitative estimate of drug-likeness (QED) is 0.179. The lowest BCUT2D eigenvalue weighted by Gasteiger charge is -2.26. The van der Waals surface area contributed by atoms with Gasteiger partial charge in [0.25, 0.3) is 0 Å². The van der Waals surface area contributed by atoms with Gasteiger partial charge in [0.05, 0.1) is 6.54 Å². The van der Waals surface area contributed by atoms with Crippen molar-refractivity contribution in [1.82, 2.24) is 5.32 Å². The number of benzene rings is 8. The molecule has 0 spiro atoms. The molecule has 0 unspecified atom stereocenters. The van der Waals surface area contributed by atoms with Gasteiger partial charge >= 0.3 is 0 Å². The van der Waals surface area contributed by atoms with Crippen LogP contribution >= 0.6 is 0 Å². The Morgan fingerprint density at radius 2 is 1.00 bits per heavy atom. The third-order valence-corrected chi connectivity index (χ3v) is 10.3. The third-order valence-electron chi connectivity index (χ3n) is 10.3. The molecule has 1 aliphatic heterocycles. The predicted octanol–water partition coefficient (Wildman–Crippen LogP) is 13.3. The maximum atomic E-state index is 6.24. The van der Waals surface area contributed by atoms with Crippen LogP contribution in [0.4, 0.5) is 17.1 Å². The van der Waals surface area contributed by atoms with Crippen LogP contribution in [0.15, 0.2) is 187 Å². The summed E-state index contributed by atoms with van der Waals surface area (Å²) >= 11 is 0. The van der Waals surface area contributed by atoms with Crippen molar-refractivity contribution in [2.24, 2.45) is 0 Å². The number of furan rings is 1. The molecule has 0 radical (unpaired) electrons. The lowest BCUT2D eigenvalue weighted by atomic mass is 9.93. The van der Waals surface area contributed by atoms with E-state index in [0.717, 1.165) is 44.9 Å². The van der Waals surface area contributed by atoms with Gasteiger partial charge in [0.2, 0.25) is 0 Å². The van der Waals surface area contributed by atoms with E-state index >= 15 is 0 Å². The lowest BCUT2D eigenvalue weighted by Crippen LogP contribution is -2.09. The molecule has 0 aliphatic carbocycles. The molecule has 3 nitrogen and oxygen atoms in total. The molecule has 0 saturated heterocycles. The summed E-state index contributed by atoms with van der Waals surface area (Å²) in [6, 6.07) is 63.5. The highest BCUT2D eigenvalue weighted by atomic mass is 16.3. The first-order chi connectivity index (χ1) is 25.8. The van der Waals surface area contributed by atoms with Gasteiger partial charge < -0.3 is 14.6 Å². The maximum absolute atomic E-state index is 6.24. The number of nitrogens with zero attached hydrogens (tertiary/aromatic N) is 1. The average Bonchev–Trinajstić information content (AvgIpc) is 3.60. The number of hydrogen-bond donors (Lipinski definition) is 1. The molecule has 52 heavy (non-hydrogen) atoms. The summed E-state index contributed by atoms with van der Waals surface area (Å²) in [4.78, 5) is 2.34. The average molecular weight is 667 g/mol. The van der Waals surface area contributed by atoms with Crippen molar-refractivity contribution in [2.75, 3.05) is 4.90 Å². The fourth-order valence-corrected chi connectivity index (χ4v) is 7.72. The van der Waals surface area contributed by atoms with Crippen LogP contribution in [0, 0.1) is 0 Å². The van der Waals surface area contributed by atoms with Gasteiger partial charge in [0.15, 0.2) is 0 Å². The zero-order chi connectivity index (χ0) is 34.4. The summed E-state index contributed by atoms with van der Waals surface area (Å²) < 4.78 is 6.24. The first-order valence-electron chi connectivity index (χ1n) is 17.8. The molecule has 0 bridgehead atoms. The first kappa shape index (κ1) is 30.0. The van der Waals surface area contributed by atoms with Crippen molar-refractivity contribution >= 4 is 55.7 Å². The Hall–Kier alpha value is -6.84. The van der Waals surface area contributed by atoms with E-state index in [-0.39, 0.29) is 0 Å². The molecule has 9 aromatic rings. The number of fused-ring (bicyclic) bond motifs is 6. The van der Waals surface area contributed by atoms with E-state index in [4.69, 9.17) is 4.42 Å². The summed E-state index contributed by atoms with van der Waals surface area (Å²) in [5, 5.41) is 9.47. The Labute approximate surface area is 302 Å². The van der Waals surface area contributed by atoms with Crippen molar-refractivity contribution in [3.05, 3.63) is 193 Å². The molecule has 0 fully saturated rings. The summed E-state index contributed by atoms with van der Waals surface area (Å²) in [6.45, 7) is 0.715. The molecule has 8 aromatic carbocycles. The molecule has 2 heterocycles. The maximum Gasteiger partial charge on any atom is 0.135 e. The van der Waals surface area contributed by atoms with Crippen LogP contribution in [0.5, 0.6) is 0 Å². The van der Waals surface area contributed by atoms with Crippen LogP contribution in [0.1, 0.15) is 11.3 Å². The fraction of sp³-hybridized carbons (Fsp3) is 0.0204. The summed E-state index contributed by atoms with van der Waals surface area (Å²) in [5.41, 5.74) is 12.5. The second-order valence-corrected chi connectivity index (χ2v) is 13.4. The number of anilines is 3. The van der Waals surface area contributed by atoms with Crippen molar-refractivity contribution in [3.8, 4) is 33.4 Å². The number of hydrogen-bond acceptors (Lipinski definition) is 3. The van der Waals surface area contributed by atoms with E-state index in [2.05, 4.69) is 192 Å². The Morgan fingerprint density at radius 3 is 1.71 bits per heavy atom. The van der Waals surface area contributed by atoms with Crippen LogP contribution in [0.2, 0.25) is 0 Å². The van der Waals surface area contributed by atoms with E-state index in [1.165, 1.54) is 49.4 Å². The SMILES string of the molecule is C1=Cc2c(oc3cc(-c4ccc(N(c5ccc(-c6ccccc6)cc5)c5ccc(-c6cc7ccccc7c7ccccc67)cc5)cc4)ccc23)CN1. The van der Waals surface area contributed by atoms with Crippen molar-refractivity contribution in [3.63, 3.8) is 0 Å². The molecule has 1 aromatic heterocycles. The highest BCUT2D eigenvalue weighted by molar-refractivity contribution is 6.13. The van der Waals surface area contributed by atoms with E-state index < -0.39 is 0 Å². The van der Waals surface area contributed by atoms with Gasteiger partial charge in [-0.2, -0.15) is 0 Å². The van der Waals surface area contributed by atoms with E-state index in [9.17, 15) is 0 Å². The van der Waals surface area contributed by atoms with Crippen molar-refractivity contribution < 1.29 is 4.42 Å². The van der Waals surface area contributed by atoms with E-state index in [1.54, 1.807) is 0 Å². The normalized spacial score (nSPS) is 12.2. The number of nitrogens with one attached hydrogen (secondary N) is 1. The van der Waals surface area contributed by atoms with Crippen LogP contribution in [0.3, 0.4) is 0 Å². The van der Waals surface area contributed by atoms with Crippen LogP contribution in [0.25, 0.3) is 72.0 Å². The summed E-state index contributed by atoms with van der Waals surface area (Å²) in [5.74, 6) is 0.985. The number of rotatable bonds is 6. The molecule has 0 amide bonds. The summed E-state index contributed by atoms with van der Waals surface area (Å²) in [6.07, 6.45) is 4.08. The molecule has 1 N–H and O–H groups in total. The zero-order valence-electron chi connectivity index (χ0n) is 28.5. The molecule has 0 saturated carbocycles. The Morgan fingerprint density at radius 1 is 0.442 bits per heavy atom. The Balaban J connectivity index is 1.04. The van der Waals surface area contributed by atoms with E-state index in [0.29, 0.717) is 6.54 Å². The predicted molar refractivity (Wildman–Crippen MR) is 218 cm³/mol. The highest BCUT2D eigenvalue weighted by Crippen LogP contribution is 2.40. The van der Waals surface area contributed by atoms with Gasteiger partial charge in [-0.15, -0.1) is 0 Å². The van der Waals surface area contributed by atoms with Crippen LogP contribution in [-0.2, 0) is 6.54 Å². The lowest BCUT2D eigenvalue weighted by molar-refractivity contribution is 0.532. The molecular formula is C49H34N2O. The van der Waals surface area contributed by atoms with Gasteiger partial charge in [0, 0.05) is 28.0 Å². The van der Waals surface area contributed by atoms with E-state index in [1.807, 2.05) is 6.20 Å². The third kappa shape index (κ3) is 5.23. The Bertz CT molecular complexity index is 2760. The van der Waals surface area contributed by atoms with Crippen molar-refractivity contribution in [2.45, 2.75) is 6.54 Å². The highest BCUT2D eigenvalue weighted by Gasteiger charge is 2.17. The minimum atomic E-state index is 0.715. The second-order valence-electron chi connectivity index (χ2n) is 13.4. The molecular weight excluding hydrogens is 633 g/mol. The van der Waals surface area contributed by atoms with Crippen molar-refractivity contribution in [1.29, 1.82) is 0 Å². The molecule has 246 valence electrons. The monoisotopic (exact) mass is 666 g/mol. The second kappa shape index (κ2) is 12.5.